The average molecular weight is 478 g/mol. The van der Waals surface area contributed by atoms with Crippen molar-refractivity contribution in [3.05, 3.63) is 78.0 Å². The van der Waals surface area contributed by atoms with E-state index in [-0.39, 0.29) is 17.6 Å². The number of carbonyl (C=O) groups is 2. The maximum absolute atomic E-state index is 13.1. The predicted octanol–water partition coefficient (Wildman–Crippen LogP) is 4.12. The number of ether oxygens (including phenoxy) is 1. The standard InChI is InChI=1S/C26H28FN5O3/c1-18(33)30-25-12-21(6-9-29-25)26(34)31-23-13-24(15-28-14-23)35-17-20-7-10-32(11-8-20)16-19-2-4-22(27)5-3-19/h2-6,9,12-15,20H,7-8,10-11,16-17H2,1H3,(H,31,34)(H,29,30,33). The van der Waals surface area contributed by atoms with Gasteiger partial charge in [-0.15, -0.1) is 0 Å². The number of nitrogens with zero attached hydrogens (tertiary/aromatic N) is 3. The fraction of sp³-hybridized carbons (Fsp3) is 0.308. The zero-order valence-electron chi connectivity index (χ0n) is 19.5. The van der Waals surface area contributed by atoms with E-state index in [0.717, 1.165) is 38.0 Å². The van der Waals surface area contributed by atoms with Gasteiger partial charge in [0.2, 0.25) is 5.91 Å². The molecule has 0 unspecified atom stereocenters. The summed E-state index contributed by atoms with van der Waals surface area (Å²) in [5.41, 5.74) is 1.99. The Hall–Kier alpha value is -3.85. The SMILES string of the molecule is CC(=O)Nc1cc(C(=O)Nc2cncc(OCC3CCN(Cc4ccc(F)cc4)CC3)c2)ccn1. The van der Waals surface area contributed by atoms with Crippen LogP contribution < -0.4 is 15.4 Å². The summed E-state index contributed by atoms with van der Waals surface area (Å²) in [6.45, 7) is 4.71. The Morgan fingerprint density at radius 3 is 2.60 bits per heavy atom. The van der Waals surface area contributed by atoms with E-state index in [2.05, 4.69) is 25.5 Å². The van der Waals surface area contributed by atoms with Crippen molar-refractivity contribution < 1.29 is 18.7 Å². The van der Waals surface area contributed by atoms with Gasteiger partial charge >= 0.3 is 0 Å². The van der Waals surface area contributed by atoms with Crippen LogP contribution in [0.5, 0.6) is 5.75 Å². The molecule has 0 aliphatic carbocycles. The molecular weight excluding hydrogens is 449 g/mol. The van der Waals surface area contributed by atoms with Gasteiger partial charge in [0.15, 0.2) is 0 Å². The van der Waals surface area contributed by atoms with Crippen molar-refractivity contribution in [1.29, 1.82) is 0 Å². The molecular formula is C26H28FN5O3. The van der Waals surface area contributed by atoms with E-state index in [0.29, 0.717) is 35.3 Å². The molecule has 2 N–H and O–H groups in total. The molecule has 0 radical (unpaired) electrons. The number of anilines is 2. The maximum Gasteiger partial charge on any atom is 0.255 e. The largest absolute Gasteiger partial charge is 0.492 e. The van der Waals surface area contributed by atoms with Crippen LogP contribution in [-0.4, -0.2) is 46.4 Å². The predicted molar refractivity (Wildman–Crippen MR) is 131 cm³/mol. The van der Waals surface area contributed by atoms with Gasteiger partial charge in [-0.3, -0.25) is 19.5 Å². The summed E-state index contributed by atoms with van der Waals surface area (Å²) >= 11 is 0. The molecule has 1 saturated heterocycles. The summed E-state index contributed by atoms with van der Waals surface area (Å²) in [5, 5.41) is 5.36. The Kier molecular flexibility index (Phi) is 7.99. The molecule has 0 saturated carbocycles. The average Bonchev–Trinajstić information content (AvgIpc) is 2.85. The first-order valence-corrected chi connectivity index (χ1v) is 11.5. The fourth-order valence-electron chi connectivity index (χ4n) is 3.96. The molecule has 182 valence electrons. The van der Waals surface area contributed by atoms with Crippen molar-refractivity contribution in [2.24, 2.45) is 5.92 Å². The minimum absolute atomic E-state index is 0.212. The number of hydrogen-bond donors (Lipinski definition) is 2. The minimum Gasteiger partial charge on any atom is -0.492 e. The lowest BCUT2D eigenvalue weighted by atomic mass is 9.97. The van der Waals surface area contributed by atoms with Crippen LogP contribution in [0.3, 0.4) is 0 Å². The molecule has 35 heavy (non-hydrogen) atoms. The quantitative estimate of drug-likeness (QED) is 0.507. The molecule has 8 nitrogen and oxygen atoms in total. The van der Waals surface area contributed by atoms with Crippen molar-refractivity contribution in [2.45, 2.75) is 26.3 Å². The smallest absolute Gasteiger partial charge is 0.255 e. The third-order valence-corrected chi connectivity index (χ3v) is 5.81. The number of nitrogens with one attached hydrogen (secondary N) is 2. The number of carbonyl (C=O) groups excluding carboxylic acids is 2. The second kappa shape index (κ2) is 11.5. The minimum atomic E-state index is -0.341. The van der Waals surface area contributed by atoms with Crippen molar-refractivity contribution in [3.8, 4) is 5.75 Å². The van der Waals surface area contributed by atoms with Crippen molar-refractivity contribution in [1.82, 2.24) is 14.9 Å². The Balaban J connectivity index is 1.25. The van der Waals surface area contributed by atoms with Gasteiger partial charge in [-0.05, 0) is 61.7 Å². The maximum atomic E-state index is 13.1. The molecule has 0 bridgehead atoms. The highest BCUT2D eigenvalue weighted by atomic mass is 19.1. The molecule has 9 heteroatoms. The van der Waals surface area contributed by atoms with Crippen molar-refractivity contribution in [3.63, 3.8) is 0 Å². The van der Waals surface area contributed by atoms with Crippen molar-refractivity contribution >= 4 is 23.3 Å². The van der Waals surface area contributed by atoms with Gasteiger partial charge in [0, 0.05) is 31.3 Å². The van der Waals surface area contributed by atoms with Crippen molar-refractivity contribution in [2.75, 3.05) is 30.3 Å². The first-order chi connectivity index (χ1) is 16.9. The van der Waals surface area contributed by atoms with E-state index in [1.165, 1.54) is 31.3 Å². The monoisotopic (exact) mass is 477 g/mol. The molecule has 2 aromatic heterocycles. The summed E-state index contributed by atoms with van der Waals surface area (Å²) in [4.78, 5) is 34.4. The van der Waals surface area contributed by atoms with E-state index < -0.39 is 0 Å². The molecule has 0 spiro atoms. The van der Waals surface area contributed by atoms with Gasteiger partial charge in [0.05, 0.1) is 24.7 Å². The van der Waals surface area contributed by atoms with Gasteiger partial charge in [0.25, 0.3) is 5.91 Å². The van der Waals surface area contributed by atoms with Crippen LogP contribution in [0.4, 0.5) is 15.9 Å². The van der Waals surface area contributed by atoms with Gasteiger partial charge in [-0.25, -0.2) is 9.37 Å². The number of likely N-dealkylation sites (tertiary alicyclic amines) is 1. The van der Waals surface area contributed by atoms with E-state index in [9.17, 15) is 14.0 Å². The van der Waals surface area contributed by atoms with E-state index >= 15 is 0 Å². The summed E-state index contributed by atoms with van der Waals surface area (Å²) < 4.78 is 19.1. The zero-order chi connectivity index (χ0) is 24.6. The van der Waals surface area contributed by atoms with E-state index in [4.69, 9.17) is 4.74 Å². The van der Waals surface area contributed by atoms with Crippen LogP contribution >= 0.6 is 0 Å². The lowest BCUT2D eigenvalue weighted by Gasteiger charge is -2.31. The molecule has 1 fully saturated rings. The normalized spacial score (nSPS) is 14.3. The molecule has 1 aromatic carbocycles. The number of aromatic nitrogens is 2. The summed E-state index contributed by atoms with van der Waals surface area (Å²) in [5.74, 6) is 0.515. The third kappa shape index (κ3) is 7.31. The van der Waals surface area contributed by atoms with E-state index in [1.54, 1.807) is 24.5 Å². The second-order valence-corrected chi connectivity index (χ2v) is 8.63. The van der Waals surface area contributed by atoms with Gasteiger partial charge in [0.1, 0.15) is 17.4 Å². The Morgan fingerprint density at radius 2 is 1.86 bits per heavy atom. The Labute approximate surface area is 203 Å². The highest BCUT2D eigenvalue weighted by Crippen LogP contribution is 2.22. The number of halogens is 1. The first-order valence-electron chi connectivity index (χ1n) is 11.5. The lowest BCUT2D eigenvalue weighted by Crippen LogP contribution is -2.35. The summed E-state index contributed by atoms with van der Waals surface area (Å²) in [6, 6.07) is 11.5. The van der Waals surface area contributed by atoms with Crippen LogP contribution in [-0.2, 0) is 11.3 Å². The second-order valence-electron chi connectivity index (χ2n) is 8.63. The van der Waals surface area contributed by atoms with Gasteiger partial charge in [-0.1, -0.05) is 12.1 Å². The number of hydrogen-bond acceptors (Lipinski definition) is 6. The number of pyridine rings is 2. The topological polar surface area (TPSA) is 96.5 Å². The number of piperidine rings is 1. The highest BCUT2D eigenvalue weighted by molar-refractivity contribution is 6.05. The van der Waals surface area contributed by atoms with Crippen LogP contribution in [0.1, 0.15) is 35.7 Å². The lowest BCUT2D eigenvalue weighted by molar-refractivity contribution is -0.114. The highest BCUT2D eigenvalue weighted by Gasteiger charge is 2.20. The third-order valence-electron chi connectivity index (χ3n) is 5.81. The van der Waals surface area contributed by atoms with Crippen LogP contribution in [0.2, 0.25) is 0 Å². The molecule has 1 aliphatic rings. The number of rotatable bonds is 8. The Morgan fingerprint density at radius 1 is 1.09 bits per heavy atom. The Bertz CT molecular complexity index is 1160. The van der Waals surface area contributed by atoms with Gasteiger partial charge < -0.3 is 15.4 Å². The number of amides is 2. The zero-order valence-corrected chi connectivity index (χ0v) is 19.5. The first kappa shape index (κ1) is 24.3. The fourth-order valence-corrected chi connectivity index (χ4v) is 3.96. The molecule has 1 aliphatic heterocycles. The molecule has 3 heterocycles. The van der Waals surface area contributed by atoms with Gasteiger partial charge in [-0.2, -0.15) is 0 Å². The van der Waals surface area contributed by atoms with Crippen LogP contribution in [0.25, 0.3) is 0 Å². The number of benzene rings is 1. The summed E-state index contributed by atoms with van der Waals surface area (Å²) in [7, 11) is 0. The van der Waals surface area contributed by atoms with Crippen LogP contribution in [0, 0.1) is 11.7 Å². The molecule has 0 atom stereocenters. The molecule has 2 amide bonds. The van der Waals surface area contributed by atoms with E-state index in [1.807, 2.05) is 12.1 Å². The van der Waals surface area contributed by atoms with Crippen LogP contribution in [0.15, 0.2) is 61.1 Å². The molecule has 3 aromatic rings. The molecule has 4 rings (SSSR count). The summed E-state index contributed by atoms with van der Waals surface area (Å²) in [6.07, 6.45) is 6.67.